The van der Waals surface area contributed by atoms with Gasteiger partial charge in [-0.1, -0.05) is 0 Å². The van der Waals surface area contributed by atoms with Crippen LogP contribution in [0.15, 0.2) is 0 Å². The van der Waals surface area contributed by atoms with E-state index in [-0.39, 0.29) is 42.4 Å². The van der Waals surface area contributed by atoms with Crippen molar-refractivity contribution in [2.45, 2.75) is 100 Å². The molecule has 0 saturated heterocycles. The van der Waals surface area contributed by atoms with Crippen LogP contribution in [0.4, 0.5) is 0 Å². The van der Waals surface area contributed by atoms with Gasteiger partial charge in [-0.3, -0.25) is 9.59 Å². The number of hydrogen-bond donors (Lipinski definition) is 0. The molecule has 0 amide bonds. The molecule has 0 heterocycles. The van der Waals surface area contributed by atoms with Gasteiger partial charge in [0.1, 0.15) is 11.6 Å². The zero-order valence-corrected chi connectivity index (χ0v) is 18.5. The summed E-state index contributed by atoms with van der Waals surface area (Å²) in [6.45, 7) is 18.6. The van der Waals surface area contributed by atoms with Crippen LogP contribution in [0, 0.1) is 0 Å². The van der Waals surface area contributed by atoms with E-state index in [1.165, 1.54) is 13.8 Å². The summed E-state index contributed by atoms with van der Waals surface area (Å²) in [6.07, 6.45) is 0.218. The average Bonchev–Trinajstić information content (AvgIpc) is 2.21. The van der Waals surface area contributed by atoms with Crippen molar-refractivity contribution in [1.29, 1.82) is 0 Å². The molecule has 0 radical (unpaired) electrons. The SMILES string of the molecule is CC(=O)CC(C)=O.CC(C)[O][Ti]([O]C(C)C)([O]C(C)C)[O]C(C)C. The van der Waals surface area contributed by atoms with Crippen LogP contribution in [-0.2, 0) is 41.0 Å². The minimum atomic E-state index is -3.62. The first-order valence-electron chi connectivity index (χ1n) is 8.49. The quantitative estimate of drug-likeness (QED) is 0.418. The van der Waals surface area contributed by atoms with Crippen molar-refractivity contribution in [2.24, 2.45) is 0 Å². The molecule has 0 unspecified atom stereocenters. The molecule has 0 N–H and O–H groups in total. The van der Waals surface area contributed by atoms with Crippen LogP contribution in [-0.4, -0.2) is 36.0 Å². The summed E-state index contributed by atoms with van der Waals surface area (Å²) in [7, 11) is 0. The summed E-state index contributed by atoms with van der Waals surface area (Å²) in [5, 5.41) is 0. The Bertz CT molecular complexity index is 309. The maximum atomic E-state index is 10.0. The minimum absolute atomic E-state index is 0.0336. The topological polar surface area (TPSA) is 71.1 Å². The Balaban J connectivity index is 0. The van der Waals surface area contributed by atoms with Gasteiger partial charge in [-0.05, 0) is 13.8 Å². The third-order valence-corrected chi connectivity index (χ3v) is 6.77. The molecule has 0 aromatic carbocycles. The van der Waals surface area contributed by atoms with Crippen molar-refractivity contribution < 1.29 is 41.0 Å². The molecular weight excluding hydrogens is 348 g/mol. The van der Waals surface area contributed by atoms with Gasteiger partial charge in [-0.15, -0.1) is 0 Å². The van der Waals surface area contributed by atoms with Crippen molar-refractivity contribution >= 4 is 11.6 Å². The van der Waals surface area contributed by atoms with Crippen molar-refractivity contribution in [2.75, 3.05) is 0 Å². The van der Waals surface area contributed by atoms with E-state index in [1.54, 1.807) is 0 Å². The second-order valence-corrected chi connectivity index (χ2v) is 9.78. The first-order chi connectivity index (χ1) is 10.8. The molecule has 0 atom stereocenters. The molecule has 0 saturated carbocycles. The van der Waals surface area contributed by atoms with Crippen LogP contribution < -0.4 is 0 Å². The van der Waals surface area contributed by atoms with Crippen LogP contribution in [0.5, 0.6) is 0 Å². The first kappa shape index (κ1) is 26.1. The summed E-state index contributed by atoms with van der Waals surface area (Å²) in [4.78, 5) is 20.1. The molecule has 0 aliphatic heterocycles. The normalized spacial score (nSPS) is 11.9. The van der Waals surface area contributed by atoms with Crippen LogP contribution in [0.25, 0.3) is 0 Å². The van der Waals surface area contributed by atoms with E-state index in [4.69, 9.17) is 13.3 Å². The number of rotatable bonds is 10. The van der Waals surface area contributed by atoms with Crippen LogP contribution in [0.3, 0.4) is 0 Å². The molecule has 0 bridgehead atoms. The van der Waals surface area contributed by atoms with E-state index >= 15 is 0 Å². The number of carbonyl (C=O) groups is 2. The molecule has 0 fully saturated rings. The van der Waals surface area contributed by atoms with Gasteiger partial charge in [0.05, 0.1) is 6.42 Å². The van der Waals surface area contributed by atoms with Gasteiger partial charge in [-0.2, -0.15) is 0 Å². The van der Waals surface area contributed by atoms with Crippen molar-refractivity contribution in [1.82, 2.24) is 0 Å². The zero-order valence-electron chi connectivity index (χ0n) is 17.0. The predicted molar refractivity (Wildman–Crippen MR) is 90.9 cm³/mol. The van der Waals surface area contributed by atoms with Crippen molar-refractivity contribution in [3.05, 3.63) is 0 Å². The summed E-state index contributed by atoms with van der Waals surface area (Å²) in [5.74, 6) is -0.125. The molecule has 0 spiro atoms. The van der Waals surface area contributed by atoms with E-state index in [1.807, 2.05) is 55.4 Å². The molecule has 0 aromatic heterocycles. The monoisotopic (exact) mass is 384 g/mol. The second kappa shape index (κ2) is 13.1. The van der Waals surface area contributed by atoms with Gasteiger partial charge in [-0.25, -0.2) is 0 Å². The Kier molecular flexibility index (Phi) is 14.3. The van der Waals surface area contributed by atoms with Gasteiger partial charge in [0.15, 0.2) is 0 Å². The fourth-order valence-corrected chi connectivity index (χ4v) is 5.80. The summed E-state index contributed by atoms with van der Waals surface area (Å²) in [6, 6.07) is 0. The van der Waals surface area contributed by atoms with E-state index in [0.717, 1.165) is 0 Å². The van der Waals surface area contributed by atoms with E-state index < -0.39 is 18.1 Å². The Hall–Kier alpha value is -0.106. The standard InChI is InChI=1S/C5H8O2.4C3H7O.Ti/c1-4(6)3-5(2)7;4*1-3(2)4;/h3H2,1-2H3;4*3H,1-2H3;/q;4*-1;+4. The van der Waals surface area contributed by atoms with Gasteiger partial charge >= 0.3 is 111 Å². The van der Waals surface area contributed by atoms with Crippen LogP contribution in [0.2, 0.25) is 0 Å². The molecule has 0 aromatic rings. The predicted octanol–water partition coefficient (Wildman–Crippen LogP) is 4.05. The molecule has 7 heteroatoms. The fraction of sp³-hybridized carbons (Fsp3) is 0.882. The second-order valence-electron chi connectivity index (χ2n) is 6.75. The number of Topliss-reactive ketones (excluding diaryl/α,β-unsaturated/α-hetero) is 2. The van der Waals surface area contributed by atoms with Crippen molar-refractivity contribution in [3.8, 4) is 0 Å². The Morgan fingerprint density at radius 2 is 0.833 bits per heavy atom. The fourth-order valence-electron chi connectivity index (χ4n) is 1.67. The first-order valence-corrected chi connectivity index (χ1v) is 11.0. The summed E-state index contributed by atoms with van der Waals surface area (Å²) >= 11 is -3.62. The average molecular weight is 384 g/mol. The Morgan fingerprint density at radius 3 is 0.917 bits per heavy atom. The molecule has 0 aliphatic carbocycles. The number of hydrogen-bond acceptors (Lipinski definition) is 6. The third kappa shape index (κ3) is 16.7. The number of carbonyl (C=O) groups excluding carboxylic acids is 2. The number of ketones is 2. The van der Waals surface area contributed by atoms with Crippen molar-refractivity contribution in [3.63, 3.8) is 0 Å². The molecule has 24 heavy (non-hydrogen) atoms. The van der Waals surface area contributed by atoms with Crippen LogP contribution in [0.1, 0.15) is 75.7 Å². The zero-order chi connectivity index (χ0) is 19.5. The Labute approximate surface area is 152 Å². The van der Waals surface area contributed by atoms with E-state index in [0.29, 0.717) is 0 Å². The molecule has 144 valence electrons. The maximum absolute atomic E-state index is 10.0. The molecule has 0 rings (SSSR count). The molecular formula is C17H36O6Ti. The van der Waals surface area contributed by atoms with E-state index in [9.17, 15) is 9.59 Å². The Morgan fingerprint density at radius 1 is 0.625 bits per heavy atom. The van der Waals surface area contributed by atoms with Gasteiger partial charge in [0.25, 0.3) is 0 Å². The van der Waals surface area contributed by atoms with Gasteiger partial charge < -0.3 is 0 Å². The molecule has 6 nitrogen and oxygen atoms in total. The summed E-state index contributed by atoms with van der Waals surface area (Å²) < 4.78 is 23.6. The van der Waals surface area contributed by atoms with Gasteiger partial charge in [0.2, 0.25) is 0 Å². The van der Waals surface area contributed by atoms with Gasteiger partial charge in [0, 0.05) is 0 Å². The third-order valence-electron chi connectivity index (χ3n) is 2.02. The van der Waals surface area contributed by atoms with E-state index in [2.05, 4.69) is 0 Å². The molecule has 0 aliphatic rings. The van der Waals surface area contributed by atoms with Crippen LogP contribution >= 0.6 is 0 Å². The summed E-state index contributed by atoms with van der Waals surface area (Å²) in [5.41, 5.74) is 0.